The third-order valence-corrected chi connectivity index (χ3v) is 4.93. The fourth-order valence-corrected chi connectivity index (χ4v) is 3.43. The van der Waals surface area contributed by atoms with Crippen molar-refractivity contribution in [1.82, 2.24) is 15.4 Å². The van der Waals surface area contributed by atoms with E-state index in [1.54, 1.807) is 13.0 Å². The minimum Gasteiger partial charge on any atom is -0.360 e. The van der Waals surface area contributed by atoms with Gasteiger partial charge in [-0.2, -0.15) is 0 Å². The molecule has 2 heterocycles. The van der Waals surface area contributed by atoms with Crippen molar-refractivity contribution in [2.75, 3.05) is 19.6 Å². The van der Waals surface area contributed by atoms with Gasteiger partial charge in [-0.05, 0) is 51.9 Å². The van der Waals surface area contributed by atoms with Gasteiger partial charge in [0.05, 0.1) is 10.6 Å². The van der Waals surface area contributed by atoms with Gasteiger partial charge in [-0.3, -0.25) is 9.69 Å². The molecule has 0 bridgehead atoms. The highest BCUT2D eigenvalue weighted by Crippen LogP contribution is 2.33. The first-order valence-corrected chi connectivity index (χ1v) is 8.79. The highest BCUT2D eigenvalue weighted by atomic mass is 35.5. The summed E-state index contributed by atoms with van der Waals surface area (Å²) in [6.45, 7) is 6.33. The monoisotopic (exact) mass is 365 g/mol. The normalized spacial score (nSPS) is 16.2. The molecular weight excluding hydrogens is 345 g/mol. The molecule has 3 rings (SSSR count). The van der Waals surface area contributed by atoms with Crippen LogP contribution in [0, 0.1) is 12.7 Å². The molecule has 134 valence electrons. The van der Waals surface area contributed by atoms with Gasteiger partial charge in [0.1, 0.15) is 22.8 Å². The summed E-state index contributed by atoms with van der Waals surface area (Å²) in [7, 11) is 0. The molecular formula is C18H21ClFN3O2. The Labute approximate surface area is 151 Å². The number of nitrogens with one attached hydrogen (secondary N) is 1. The van der Waals surface area contributed by atoms with E-state index < -0.39 is 5.82 Å². The lowest BCUT2D eigenvalue weighted by Crippen LogP contribution is -2.40. The predicted molar refractivity (Wildman–Crippen MR) is 94.2 cm³/mol. The van der Waals surface area contributed by atoms with Gasteiger partial charge in [0.2, 0.25) is 0 Å². The van der Waals surface area contributed by atoms with Crippen molar-refractivity contribution in [3.05, 3.63) is 40.4 Å². The van der Waals surface area contributed by atoms with Crippen LogP contribution in [-0.2, 0) is 0 Å². The fourth-order valence-electron chi connectivity index (χ4n) is 3.17. The minimum absolute atomic E-state index is 0.0822. The summed E-state index contributed by atoms with van der Waals surface area (Å²) in [5.74, 6) is -0.542. The van der Waals surface area contributed by atoms with E-state index >= 15 is 0 Å². The van der Waals surface area contributed by atoms with Crippen molar-refractivity contribution in [1.29, 1.82) is 0 Å². The van der Waals surface area contributed by atoms with E-state index in [0.29, 0.717) is 12.3 Å². The number of nitrogens with zero attached hydrogens (tertiary/aromatic N) is 2. The second-order valence-corrected chi connectivity index (χ2v) is 6.77. The van der Waals surface area contributed by atoms with Gasteiger partial charge in [0, 0.05) is 12.6 Å². The highest BCUT2D eigenvalue weighted by Gasteiger charge is 2.26. The molecule has 0 saturated carbocycles. The average Bonchev–Trinajstić information content (AvgIpc) is 3.22. The van der Waals surface area contributed by atoms with E-state index in [9.17, 15) is 9.18 Å². The number of hydrogen-bond donors (Lipinski definition) is 1. The SMILES string of the molecule is Cc1onc(-c2c(F)cccc2Cl)c1C(=O)NC[C@@H](C)N1CCCC1. The smallest absolute Gasteiger partial charge is 0.257 e. The number of carbonyl (C=O) groups excluding carboxylic acids is 1. The fraction of sp³-hybridized carbons (Fsp3) is 0.444. The Hall–Kier alpha value is -1.92. The van der Waals surface area contributed by atoms with Crippen molar-refractivity contribution in [3.8, 4) is 11.3 Å². The predicted octanol–water partition coefficient (Wildman–Crippen LogP) is 3.66. The first-order valence-electron chi connectivity index (χ1n) is 8.42. The molecule has 1 aromatic heterocycles. The molecule has 1 amide bonds. The van der Waals surface area contributed by atoms with E-state index in [1.807, 2.05) is 0 Å². The second kappa shape index (κ2) is 7.54. The molecule has 1 fully saturated rings. The van der Waals surface area contributed by atoms with Gasteiger partial charge in [-0.25, -0.2) is 4.39 Å². The van der Waals surface area contributed by atoms with E-state index in [4.69, 9.17) is 16.1 Å². The molecule has 25 heavy (non-hydrogen) atoms. The van der Waals surface area contributed by atoms with E-state index in [0.717, 1.165) is 13.1 Å². The number of amides is 1. The number of aromatic nitrogens is 1. The third kappa shape index (κ3) is 3.70. The van der Waals surface area contributed by atoms with Crippen molar-refractivity contribution >= 4 is 17.5 Å². The molecule has 0 radical (unpaired) electrons. The summed E-state index contributed by atoms with van der Waals surface area (Å²) in [5, 5.41) is 6.96. The Kier molecular flexibility index (Phi) is 5.39. The summed E-state index contributed by atoms with van der Waals surface area (Å²) in [6.07, 6.45) is 2.39. The molecule has 5 nitrogen and oxygen atoms in total. The maximum atomic E-state index is 14.2. The summed E-state index contributed by atoms with van der Waals surface area (Å²) in [4.78, 5) is 15.0. The molecule has 1 aliphatic rings. The van der Waals surface area contributed by atoms with Crippen LogP contribution in [0.15, 0.2) is 22.7 Å². The molecule has 2 aromatic rings. The first kappa shape index (κ1) is 17.9. The van der Waals surface area contributed by atoms with Crippen LogP contribution in [0.25, 0.3) is 11.3 Å². The van der Waals surface area contributed by atoms with Crippen LogP contribution in [0.1, 0.15) is 35.9 Å². The van der Waals surface area contributed by atoms with Crippen LogP contribution in [0.2, 0.25) is 5.02 Å². The van der Waals surface area contributed by atoms with E-state index in [1.165, 1.54) is 25.0 Å². The molecule has 1 N–H and O–H groups in total. The molecule has 0 aliphatic carbocycles. The summed E-state index contributed by atoms with van der Waals surface area (Å²) in [5.41, 5.74) is 0.436. The number of rotatable bonds is 5. The Morgan fingerprint density at radius 3 is 2.84 bits per heavy atom. The van der Waals surface area contributed by atoms with Crippen LogP contribution >= 0.6 is 11.6 Å². The summed E-state index contributed by atoms with van der Waals surface area (Å²) >= 11 is 6.10. The lowest BCUT2D eigenvalue weighted by atomic mass is 10.0. The van der Waals surface area contributed by atoms with Gasteiger partial charge in [-0.15, -0.1) is 0 Å². The number of likely N-dealkylation sites (tertiary alicyclic amines) is 1. The molecule has 1 aliphatic heterocycles. The third-order valence-electron chi connectivity index (χ3n) is 4.61. The van der Waals surface area contributed by atoms with Crippen molar-refractivity contribution in [3.63, 3.8) is 0 Å². The van der Waals surface area contributed by atoms with Crippen molar-refractivity contribution < 1.29 is 13.7 Å². The Morgan fingerprint density at radius 1 is 1.44 bits per heavy atom. The van der Waals surface area contributed by atoms with Crippen LogP contribution in [0.5, 0.6) is 0 Å². The number of benzene rings is 1. The largest absolute Gasteiger partial charge is 0.360 e. The Balaban J connectivity index is 1.80. The first-order chi connectivity index (χ1) is 12.0. The van der Waals surface area contributed by atoms with Gasteiger partial charge in [0.15, 0.2) is 0 Å². The van der Waals surface area contributed by atoms with Crippen molar-refractivity contribution in [2.45, 2.75) is 32.7 Å². The van der Waals surface area contributed by atoms with Crippen LogP contribution in [0.4, 0.5) is 4.39 Å². The molecule has 1 aromatic carbocycles. The second-order valence-electron chi connectivity index (χ2n) is 6.36. The lowest BCUT2D eigenvalue weighted by molar-refractivity contribution is 0.0939. The lowest BCUT2D eigenvalue weighted by Gasteiger charge is -2.23. The zero-order valence-corrected chi connectivity index (χ0v) is 15.1. The van der Waals surface area contributed by atoms with Gasteiger partial charge in [0.25, 0.3) is 5.91 Å². The molecule has 0 unspecified atom stereocenters. The molecule has 0 spiro atoms. The van der Waals surface area contributed by atoms with E-state index in [2.05, 4.69) is 22.3 Å². The highest BCUT2D eigenvalue weighted by molar-refractivity contribution is 6.33. The van der Waals surface area contributed by atoms with Crippen LogP contribution in [0.3, 0.4) is 0 Å². The number of carbonyl (C=O) groups is 1. The maximum Gasteiger partial charge on any atom is 0.257 e. The topological polar surface area (TPSA) is 58.4 Å². The van der Waals surface area contributed by atoms with Crippen LogP contribution in [-0.4, -0.2) is 41.6 Å². The Bertz CT molecular complexity index is 751. The zero-order valence-electron chi connectivity index (χ0n) is 14.3. The summed E-state index contributed by atoms with van der Waals surface area (Å²) in [6, 6.07) is 4.59. The average molecular weight is 366 g/mol. The molecule has 1 atom stereocenters. The quantitative estimate of drug-likeness (QED) is 0.878. The maximum absolute atomic E-state index is 14.2. The number of halogens is 2. The zero-order chi connectivity index (χ0) is 18.0. The van der Waals surface area contributed by atoms with Crippen LogP contribution < -0.4 is 5.32 Å². The summed E-state index contributed by atoms with van der Waals surface area (Å²) < 4.78 is 19.3. The van der Waals surface area contributed by atoms with Gasteiger partial charge >= 0.3 is 0 Å². The number of hydrogen-bond acceptors (Lipinski definition) is 4. The number of aryl methyl sites for hydroxylation is 1. The van der Waals surface area contributed by atoms with E-state index in [-0.39, 0.29) is 33.8 Å². The van der Waals surface area contributed by atoms with Gasteiger partial charge < -0.3 is 9.84 Å². The van der Waals surface area contributed by atoms with Gasteiger partial charge in [-0.1, -0.05) is 22.8 Å². The molecule has 7 heteroatoms. The minimum atomic E-state index is -0.541. The van der Waals surface area contributed by atoms with Crippen molar-refractivity contribution in [2.24, 2.45) is 0 Å². The Morgan fingerprint density at radius 2 is 2.16 bits per heavy atom. The standard InChI is InChI=1S/C18H21ClFN3O2/c1-11(23-8-3-4-9-23)10-21-18(24)15-12(2)25-22-17(15)16-13(19)6-5-7-14(16)20/h5-7,11H,3-4,8-10H2,1-2H3,(H,21,24)/t11-/m1/s1. The molecule has 1 saturated heterocycles.